The molecule has 6 nitrogen and oxygen atoms in total. The summed E-state index contributed by atoms with van der Waals surface area (Å²) in [5.74, 6) is 1.41. The zero-order chi connectivity index (χ0) is 17.6. The highest BCUT2D eigenvalue weighted by atomic mass is 16.5. The van der Waals surface area contributed by atoms with E-state index in [1.807, 2.05) is 6.92 Å². The number of rotatable bonds is 5. The van der Waals surface area contributed by atoms with E-state index in [2.05, 4.69) is 6.07 Å². The summed E-state index contributed by atoms with van der Waals surface area (Å²) < 4.78 is 16.8. The Morgan fingerprint density at radius 2 is 2.12 bits per heavy atom. The molecule has 2 heterocycles. The van der Waals surface area contributed by atoms with Crippen molar-refractivity contribution in [3.8, 4) is 11.8 Å². The summed E-state index contributed by atoms with van der Waals surface area (Å²) >= 11 is 0. The van der Waals surface area contributed by atoms with Crippen LogP contribution < -0.4 is 4.74 Å². The van der Waals surface area contributed by atoms with Gasteiger partial charge >= 0.3 is 0 Å². The lowest BCUT2D eigenvalue weighted by molar-refractivity contribution is -0.0236. The maximum absolute atomic E-state index is 12.5. The van der Waals surface area contributed by atoms with Crippen LogP contribution in [0, 0.1) is 11.3 Å². The van der Waals surface area contributed by atoms with E-state index >= 15 is 0 Å². The molecule has 1 fully saturated rings. The topological polar surface area (TPSA) is 75.7 Å². The second-order valence-corrected chi connectivity index (χ2v) is 5.84. The Labute approximate surface area is 146 Å². The van der Waals surface area contributed by atoms with E-state index < -0.39 is 0 Å². The second-order valence-electron chi connectivity index (χ2n) is 5.84. The van der Waals surface area contributed by atoms with Crippen LogP contribution in [-0.4, -0.2) is 36.6 Å². The molecule has 0 bridgehead atoms. The van der Waals surface area contributed by atoms with Gasteiger partial charge in [-0.25, -0.2) is 0 Å². The van der Waals surface area contributed by atoms with Crippen molar-refractivity contribution in [3.63, 3.8) is 0 Å². The fourth-order valence-corrected chi connectivity index (χ4v) is 2.66. The lowest BCUT2D eigenvalue weighted by Crippen LogP contribution is -2.45. The van der Waals surface area contributed by atoms with E-state index in [0.29, 0.717) is 42.5 Å². The Hall–Kier alpha value is -2.78. The van der Waals surface area contributed by atoms with Gasteiger partial charge in [-0.15, -0.1) is 0 Å². The highest BCUT2D eigenvalue weighted by molar-refractivity contribution is 5.91. The second kappa shape index (κ2) is 7.86. The Morgan fingerprint density at radius 1 is 1.32 bits per heavy atom. The predicted molar refractivity (Wildman–Crippen MR) is 90.1 cm³/mol. The minimum atomic E-state index is -0.119. The predicted octanol–water partition coefficient (Wildman–Crippen LogP) is 2.98. The molecule has 0 N–H and O–H groups in total. The molecule has 1 aromatic carbocycles. The van der Waals surface area contributed by atoms with Crippen molar-refractivity contribution in [1.29, 1.82) is 5.26 Å². The number of benzene rings is 1. The molecule has 0 radical (unpaired) electrons. The molecular formula is C19H20N2O4. The maximum atomic E-state index is 12.5. The number of hydrogen-bond acceptors (Lipinski definition) is 5. The number of amides is 1. The molecule has 1 aliphatic rings. The molecule has 1 saturated heterocycles. The number of ether oxygens (including phenoxy) is 2. The van der Waals surface area contributed by atoms with Crippen molar-refractivity contribution in [2.75, 3.05) is 19.7 Å². The van der Waals surface area contributed by atoms with Crippen LogP contribution in [0.4, 0.5) is 0 Å². The lowest BCUT2D eigenvalue weighted by atomic mass is 10.2. The van der Waals surface area contributed by atoms with E-state index in [1.165, 1.54) is 0 Å². The van der Waals surface area contributed by atoms with Crippen LogP contribution in [0.2, 0.25) is 0 Å². The van der Waals surface area contributed by atoms with Gasteiger partial charge in [0.25, 0.3) is 5.91 Å². The highest BCUT2D eigenvalue weighted by Gasteiger charge is 2.25. The first-order chi connectivity index (χ1) is 12.2. The van der Waals surface area contributed by atoms with E-state index in [4.69, 9.17) is 19.2 Å². The quantitative estimate of drug-likeness (QED) is 0.836. The first kappa shape index (κ1) is 17.1. The molecule has 0 unspecified atom stereocenters. The molecule has 1 aromatic heterocycles. The average Bonchev–Trinajstić information content (AvgIpc) is 3.15. The van der Waals surface area contributed by atoms with Gasteiger partial charge in [0.15, 0.2) is 5.76 Å². The van der Waals surface area contributed by atoms with Crippen LogP contribution >= 0.6 is 0 Å². The molecule has 130 valence electrons. The Balaban J connectivity index is 1.58. The summed E-state index contributed by atoms with van der Waals surface area (Å²) in [5, 5.41) is 8.78. The minimum absolute atomic E-state index is 0.0897. The molecule has 1 aliphatic heterocycles. The molecule has 1 amide bonds. The third kappa shape index (κ3) is 4.20. The van der Waals surface area contributed by atoms with E-state index in [-0.39, 0.29) is 18.6 Å². The van der Waals surface area contributed by atoms with Crippen molar-refractivity contribution in [2.45, 2.75) is 26.1 Å². The third-order valence-corrected chi connectivity index (χ3v) is 4.12. The zero-order valence-electron chi connectivity index (χ0n) is 14.1. The third-order valence-electron chi connectivity index (χ3n) is 4.12. The Kier molecular flexibility index (Phi) is 5.36. The Bertz CT molecular complexity index is 760. The molecule has 3 rings (SSSR count). The zero-order valence-corrected chi connectivity index (χ0v) is 14.1. The molecule has 2 aromatic rings. The fourth-order valence-electron chi connectivity index (χ4n) is 2.66. The first-order valence-corrected chi connectivity index (χ1v) is 8.32. The van der Waals surface area contributed by atoms with Gasteiger partial charge in [0.05, 0.1) is 24.3 Å². The van der Waals surface area contributed by atoms with Crippen LogP contribution in [0.5, 0.6) is 5.75 Å². The Morgan fingerprint density at radius 3 is 2.84 bits per heavy atom. The normalized spacial score (nSPS) is 17.1. The van der Waals surface area contributed by atoms with Crippen molar-refractivity contribution in [2.24, 2.45) is 0 Å². The standard InChI is InChI=1S/C19H20N2O4/c1-2-15-12-21(9-10-23-15)19(22)18-8-7-17(25-18)13-24-16-5-3-14(11-20)4-6-16/h3-8,15H,2,9-10,12-13H2,1H3/t15-/m0/s1. The number of nitrogens with zero attached hydrogens (tertiary/aromatic N) is 2. The molecule has 0 spiro atoms. The maximum Gasteiger partial charge on any atom is 0.289 e. The van der Waals surface area contributed by atoms with Crippen LogP contribution in [0.1, 0.15) is 35.2 Å². The number of carbonyl (C=O) groups excluding carboxylic acids is 1. The van der Waals surface area contributed by atoms with E-state index in [9.17, 15) is 4.79 Å². The number of morpholine rings is 1. The number of hydrogen-bond donors (Lipinski definition) is 0. The average molecular weight is 340 g/mol. The summed E-state index contributed by atoms with van der Waals surface area (Å²) in [4.78, 5) is 14.3. The number of furan rings is 1. The molecule has 0 aliphatic carbocycles. The SMILES string of the molecule is CC[C@H]1CN(C(=O)c2ccc(COc3ccc(C#N)cc3)o2)CCO1. The van der Waals surface area contributed by atoms with Gasteiger partial charge in [-0.3, -0.25) is 4.79 Å². The van der Waals surface area contributed by atoms with Gasteiger partial charge in [-0.1, -0.05) is 6.92 Å². The van der Waals surface area contributed by atoms with Gasteiger partial charge in [0.1, 0.15) is 18.1 Å². The summed E-state index contributed by atoms with van der Waals surface area (Å²) in [7, 11) is 0. The van der Waals surface area contributed by atoms with Crippen molar-refractivity contribution >= 4 is 5.91 Å². The summed E-state index contributed by atoms with van der Waals surface area (Å²) in [6, 6.07) is 12.3. The summed E-state index contributed by atoms with van der Waals surface area (Å²) in [6.07, 6.45) is 0.970. The van der Waals surface area contributed by atoms with Crippen LogP contribution in [0.25, 0.3) is 0 Å². The van der Waals surface area contributed by atoms with Gasteiger partial charge in [-0.2, -0.15) is 5.26 Å². The largest absolute Gasteiger partial charge is 0.486 e. The van der Waals surface area contributed by atoms with Gasteiger partial charge < -0.3 is 18.8 Å². The molecule has 25 heavy (non-hydrogen) atoms. The van der Waals surface area contributed by atoms with Gasteiger partial charge in [0.2, 0.25) is 0 Å². The smallest absolute Gasteiger partial charge is 0.289 e. The monoisotopic (exact) mass is 340 g/mol. The first-order valence-electron chi connectivity index (χ1n) is 8.32. The van der Waals surface area contributed by atoms with Crippen LogP contribution in [0.15, 0.2) is 40.8 Å². The minimum Gasteiger partial charge on any atom is -0.486 e. The fraction of sp³-hybridized carbons (Fsp3) is 0.368. The highest BCUT2D eigenvalue weighted by Crippen LogP contribution is 2.17. The number of carbonyl (C=O) groups is 1. The summed E-state index contributed by atoms with van der Waals surface area (Å²) in [6.45, 7) is 3.99. The van der Waals surface area contributed by atoms with Gasteiger partial charge in [0, 0.05) is 13.1 Å². The van der Waals surface area contributed by atoms with Crippen LogP contribution in [-0.2, 0) is 11.3 Å². The summed E-state index contributed by atoms with van der Waals surface area (Å²) in [5.41, 5.74) is 0.578. The van der Waals surface area contributed by atoms with Crippen molar-refractivity contribution in [3.05, 3.63) is 53.5 Å². The lowest BCUT2D eigenvalue weighted by Gasteiger charge is -2.31. The van der Waals surface area contributed by atoms with Crippen LogP contribution in [0.3, 0.4) is 0 Å². The van der Waals surface area contributed by atoms with Crippen molar-refractivity contribution < 1.29 is 18.7 Å². The van der Waals surface area contributed by atoms with Crippen molar-refractivity contribution in [1.82, 2.24) is 4.90 Å². The van der Waals surface area contributed by atoms with Gasteiger partial charge in [-0.05, 0) is 42.8 Å². The van der Waals surface area contributed by atoms with E-state index in [1.54, 1.807) is 41.3 Å². The molecule has 6 heteroatoms. The van der Waals surface area contributed by atoms with E-state index in [0.717, 1.165) is 6.42 Å². The molecule has 1 atom stereocenters. The number of nitriles is 1. The molecular weight excluding hydrogens is 320 g/mol. The molecule has 0 saturated carbocycles.